The molecule has 1 fully saturated rings. The number of fused-ring (bicyclic) bond motifs is 1. The number of nitrogens with one attached hydrogen (secondary N) is 1. The van der Waals surface area contributed by atoms with Crippen molar-refractivity contribution in [3.8, 4) is 0 Å². The zero-order valence-corrected chi connectivity index (χ0v) is 37.2. The number of anilines is 1. The number of rotatable bonds is 15. The van der Waals surface area contributed by atoms with Gasteiger partial charge < -0.3 is 24.3 Å². The molecule has 4 atom stereocenters. The molecule has 2 N–H and O–H groups in total. The van der Waals surface area contributed by atoms with E-state index < -0.39 is 60.0 Å². The van der Waals surface area contributed by atoms with Crippen molar-refractivity contribution in [1.82, 2.24) is 19.5 Å². The van der Waals surface area contributed by atoms with Crippen LogP contribution in [0.3, 0.4) is 0 Å². The van der Waals surface area contributed by atoms with Gasteiger partial charge in [0.05, 0.1) is 24.4 Å². The van der Waals surface area contributed by atoms with Crippen LogP contribution in [0.1, 0.15) is 48.5 Å². The van der Waals surface area contributed by atoms with Crippen LogP contribution in [0.25, 0.3) is 11.2 Å². The van der Waals surface area contributed by atoms with Gasteiger partial charge in [-0.25, -0.2) is 15.0 Å². The first kappa shape index (κ1) is 43.7. The number of imidazole rings is 1. The summed E-state index contributed by atoms with van der Waals surface area (Å²) in [7, 11) is -7.72. The number of ether oxygens (including phenoxy) is 2. The SMILES string of the molecule is Cc1ccc(S(=O)(=O)OC[C@]2(CO[Si](c3ccccc3)(c3ccccc3)C(C)(C)C)O[C@@H](n3cnc4c(NC(=O)c5ccccc5)ncnc43)C(O)C2OCc2ccccc2)cc1. The highest BCUT2D eigenvalue weighted by atomic mass is 32.2. The fraction of sp³-hybridized carbons (Fsp3) is 0.250. The largest absolute Gasteiger partial charge is 0.404 e. The third-order valence-electron chi connectivity index (χ3n) is 11.4. The van der Waals surface area contributed by atoms with Crippen molar-refractivity contribution in [1.29, 1.82) is 0 Å². The lowest BCUT2D eigenvalue weighted by molar-refractivity contribution is -0.155. The van der Waals surface area contributed by atoms with E-state index >= 15 is 0 Å². The third-order valence-corrected chi connectivity index (χ3v) is 17.6. The van der Waals surface area contributed by atoms with Crippen molar-refractivity contribution in [3.63, 3.8) is 0 Å². The van der Waals surface area contributed by atoms with Crippen molar-refractivity contribution in [2.75, 3.05) is 18.5 Å². The second-order valence-electron chi connectivity index (χ2n) is 16.6. The Bertz CT molecular complexity index is 2720. The maximum absolute atomic E-state index is 14.0. The summed E-state index contributed by atoms with van der Waals surface area (Å²) in [6.07, 6.45) is -1.26. The van der Waals surface area contributed by atoms with Crippen LogP contribution in [-0.2, 0) is 34.8 Å². The summed E-state index contributed by atoms with van der Waals surface area (Å²) in [4.78, 5) is 26.6. The lowest BCUT2D eigenvalue weighted by Gasteiger charge is -2.45. The first-order valence-electron chi connectivity index (χ1n) is 20.6. The molecule has 1 aliphatic heterocycles. The van der Waals surface area contributed by atoms with Crippen LogP contribution in [0.2, 0.25) is 5.04 Å². The van der Waals surface area contributed by atoms with Crippen molar-refractivity contribution >= 4 is 51.7 Å². The van der Waals surface area contributed by atoms with Crippen LogP contribution in [0.15, 0.2) is 163 Å². The van der Waals surface area contributed by atoms with Gasteiger partial charge in [-0.05, 0) is 52.2 Å². The molecule has 2 aromatic heterocycles. The zero-order valence-electron chi connectivity index (χ0n) is 35.4. The maximum atomic E-state index is 14.0. The molecule has 0 radical (unpaired) electrons. The van der Waals surface area contributed by atoms with Gasteiger partial charge in [0, 0.05) is 5.56 Å². The molecule has 324 valence electrons. The molecule has 0 aliphatic carbocycles. The second-order valence-corrected chi connectivity index (χ2v) is 22.5. The second kappa shape index (κ2) is 18.1. The van der Waals surface area contributed by atoms with Gasteiger partial charge in [-0.15, -0.1) is 0 Å². The molecule has 0 bridgehead atoms. The normalized spacial score (nSPS) is 19.3. The summed E-state index contributed by atoms with van der Waals surface area (Å²) in [5, 5.41) is 16.9. The predicted octanol–water partition coefficient (Wildman–Crippen LogP) is 6.58. The zero-order chi connectivity index (χ0) is 44.2. The number of hydrogen-bond donors (Lipinski definition) is 2. The molecule has 1 saturated heterocycles. The molecular formula is C48H49N5O8SSi. The fourth-order valence-corrected chi connectivity index (χ4v) is 13.8. The lowest BCUT2D eigenvalue weighted by atomic mass is 9.96. The Kier molecular flexibility index (Phi) is 12.5. The van der Waals surface area contributed by atoms with Crippen LogP contribution in [-0.4, -0.2) is 78.3 Å². The molecule has 63 heavy (non-hydrogen) atoms. The topological polar surface area (TPSA) is 164 Å². The Labute approximate surface area is 368 Å². The van der Waals surface area contributed by atoms with E-state index in [1.165, 1.54) is 29.4 Å². The number of hydrogen-bond acceptors (Lipinski definition) is 11. The van der Waals surface area contributed by atoms with Crippen molar-refractivity contribution < 1.29 is 36.4 Å². The Balaban J connectivity index is 1.25. The van der Waals surface area contributed by atoms with Crippen LogP contribution in [0.4, 0.5) is 5.82 Å². The Morgan fingerprint density at radius 2 is 1.40 bits per heavy atom. The van der Waals surface area contributed by atoms with E-state index in [1.807, 2.05) is 79.7 Å². The summed E-state index contributed by atoms with van der Waals surface area (Å²) < 4.78 is 56.8. The van der Waals surface area contributed by atoms with Crippen molar-refractivity contribution in [2.45, 2.75) is 68.3 Å². The highest BCUT2D eigenvalue weighted by molar-refractivity contribution is 7.86. The first-order chi connectivity index (χ1) is 30.3. The summed E-state index contributed by atoms with van der Waals surface area (Å²) >= 11 is 0. The van der Waals surface area contributed by atoms with Gasteiger partial charge in [0.2, 0.25) is 0 Å². The molecule has 1 aliphatic rings. The average Bonchev–Trinajstić information content (AvgIpc) is 3.85. The highest BCUT2D eigenvalue weighted by Crippen LogP contribution is 2.44. The van der Waals surface area contributed by atoms with Gasteiger partial charge in [-0.3, -0.25) is 13.5 Å². The number of carbonyl (C=O) groups is 1. The molecule has 0 spiro atoms. The molecule has 13 nitrogen and oxygen atoms in total. The number of aliphatic hydroxyl groups is 1. The third kappa shape index (κ3) is 8.86. The smallest absolute Gasteiger partial charge is 0.297 e. The number of nitrogens with zero attached hydrogens (tertiary/aromatic N) is 4. The molecule has 7 aromatic rings. The van der Waals surface area contributed by atoms with E-state index in [4.69, 9.17) is 18.1 Å². The minimum Gasteiger partial charge on any atom is -0.404 e. The van der Waals surface area contributed by atoms with Gasteiger partial charge >= 0.3 is 0 Å². The van der Waals surface area contributed by atoms with Crippen LogP contribution in [0, 0.1) is 6.92 Å². The number of aryl methyl sites for hydroxylation is 1. The van der Waals surface area contributed by atoms with E-state index in [2.05, 4.69) is 65.3 Å². The van der Waals surface area contributed by atoms with Gasteiger partial charge in [0.15, 0.2) is 23.2 Å². The number of carbonyl (C=O) groups excluding carboxylic acids is 1. The number of aliphatic hydroxyl groups excluding tert-OH is 1. The highest BCUT2D eigenvalue weighted by Gasteiger charge is 2.60. The van der Waals surface area contributed by atoms with Crippen molar-refractivity contribution in [2.24, 2.45) is 0 Å². The summed E-state index contributed by atoms with van der Waals surface area (Å²) in [6, 6.07) is 44.5. The number of benzene rings is 5. The van der Waals surface area contributed by atoms with Crippen LogP contribution >= 0.6 is 0 Å². The average molecular weight is 884 g/mol. The first-order valence-corrected chi connectivity index (χ1v) is 23.9. The van der Waals surface area contributed by atoms with Crippen LogP contribution in [0.5, 0.6) is 0 Å². The number of amides is 1. The van der Waals surface area contributed by atoms with Crippen LogP contribution < -0.4 is 15.7 Å². The summed E-state index contributed by atoms with van der Waals surface area (Å²) in [5.41, 5.74) is 0.792. The van der Waals surface area contributed by atoms with E-state index in [0.29, 0.717) is 5.56 Å². The van der Waals surface area contributed by atoms with Gasteiger partial charge in [0.25, 0.3) is 24.3 Å². The standard InChI is InChI=1S/C48H49N5O8SSi/c1-34-25-27-37(28-26-34)62(56,57)59-30-48(31-60-63(47(2,3)4,38-21-13-7-14-22-38)39-23-15-8-16-24-39)42(58-29-35-17-9-5-10-18-35)41(54)46(61-48)53-33-51-40-43(49-32-50-44(40)53)52-45(55)36-19-11-6-12-20-36/h5-28,32-33,41-42,46,54H,29-31H2,1-4H3,(H,49,50,52,55)/t41?,42?,46-,48-/m1/s1. The van der Waals surface area contributed by atoms with E-state index in [1.54, 1.807) is 36.4 Å². The lowest BCUT2D eigenvalue weighted by Crippen LogP contribution is -2.68. The molecule has 0 saturated carbocycles. The fourth-order valence-electron chi connectivity index (χ4n) is 8.19. The minimum absolute atomic E-state index is 0.0346. The van der Waals surface area contributed by atoms with E-state index in [-0.39, 0.29) is 35.1 Å². The maximum Gasteiger partial charge on any atom is 0.297 e. The molecule has 8 rings (SSSR count). The molecule has 2 unspecified atom stereocenters. The van der Waals surface area contributed by atoms with E-state index in [0.717, 1.165) is 21.5 Å². The monoisotopic (exact) mass is 883 g/mol. The number of aromatic nitrogens is 4. The van der Waals surface area contributed by atoms with Gasteiger partial charge in [-0.2, -0.15) is 8.42 Å². The van der Waals surface area contributed by atoms with Crippen molar-refractivity contribution in [3.05, 3.63) is 175 Å². The Morgan fingerprint density at radius 3 is 2.00 bits per heavy atom. The molecule has 1 amide bonds. The Hall–Kier alpha value is -5.91. The summed E-state index contributed by atoms with van der Waals surface area (Å²) in [6.45, 7) is 7.42. The van der Waals surface area contributed by atoms with E-state index in [9.17, 15) is 18.3 Å². The minimum atomic E-state index is -4.38. The predicted molar refractivity (Wildman–Crippen MR) is 241 cm³/mol. The molecular weight excluding hydrogens is 835 g/mol. The molecule has 5 aromatic carbocycles. The summed E-state index contributed by atoms with van der Waals surface area (Å²) in [5.74, 6) is -0.256. The van der Waals surface area contributed by atoms with Gasteiger partial charge in [-0.1, -0.05) is 148 Å². The Morgan fingerprint density at radius 1 is 0.810 bits per heavy atom. The quantitative estimate of drug-likeness (QED) is 0.0845. The molecule has 3 heterocycles. The molecule has 15 heteroatoms. The van der Waals surface area contributed by atoms with Gasteiger partial charge in [0.1, 0.15) is 30.7 Å².